The van der Waals surface area contributed by atoms with Crippen LogP contribution in [0.4, 0.5) is 5.13 Å². The number of thiazole rings is 1. The van der Waals surface area contributed by atoms with Crippen LogP contribution < -0.4 is 5.32 Å². The van der Waals surface area contributed by atoms with E-state index in [1.807, 2.05) is 70.9 Å². The summed E-state index contributed by atoms with van der Waals surface area (Å²) in [6, 6.07) is 15.9. The van der Waals surface area contributed by atoms with Crippen molar-refractivity contribution in [2.45, 2.75) is 6.92 Å². The molecule has 0 aliphatic carbocycles. The number of amides is 1. The highest BCUT2D eigenvalue weighted by molar-refractivity contribution is 7.20. The van der Waals surface area contributed by atoms with Crippen molar-refractivity contribution in [1.29, 1.82) is 0 Å². The summed E-state index contributed by atoms with van der Waals surface area (Å²) < 4.78 is 1.89. The monoisotopic (exact) mass is 422 g/mol. The number of fused-ring (bicyclic) bond motifs is 1. The normalized spacial score (nSPS) is 11.2. The number of thiophene rings is 2. The number of aryl methyl sites for hydroxylation is 1. The average molecular weight is 423 g/mol. The van der Waals surface area contributed by atoms with Gasteiger partial charge < -0.3 is 0 Å². The average Bonchev–Trinajstić information content (AvgIpc) is 3.48. The molecule has 0 fully saturated rings. The second-order valence-corrected chi connectivity index (χ2v) is 8.97. The van der Waals surface area contributed by atoms with Crippen molar-refractivity contribution in [2.24, 2.45) is 0 Å². The molecule has 0 aliphatic heterocycles. The number of aromatic nitrogens is 3. The number of anilines is 1. The van der Waals surface area contributed by atoms with Crippen molar-refractivity contribution < 1.29 is 4.79 Å². The number of carbonyl (C=O) groups is 1. The first-order valence-electron chi connectivity index (χ1n) is 8.54. The van der Waals surface area contributed by atoms with Crippen molar-refractivity contribution in [3.8, 4) is 16.3 Å². The van der Waals surface area contributed by atoms with E-state index in [0.717, 1.165) is 32.2 Å². The third kappa shape index (κ3) is 3.05. The molecule has 4 heterocycles. The number of carbonyl (C=O) groups excluding carboxylic acids is 1. The zero-order chi connectivity index (χ0) is 19.1. The Morgan fingerprint density at radius 3 is 2.75 bits per heavy atom. The molecule has 0 atom stereocenters. The second-order valence-electron chi connectivity index (χ2n) is 6.13. The predicted molar refractivity (Wildman–Crippen MR) is 117 cm³/mol. The Hall–Kier alpha value is -2.81. The van der Waals surface area contributed by atoms with Crippen LogP contribution in [0.2, 0.25) is 0 Å². The van der Waals surface area contributed by atoms with Gasteiger partial charge in [-0.05, 0) is 36.6 Å². The fourth-order valence-corrected chi connectivity index (χ4v) is 5.48. The Balaban J connectivity index is 1.44. The number of nitrogens with zero attached hydrogens (tertiary/aromatic N) is 3. The molecule has 0 spiro atoms. The smallest absolute Gasteiger partial charge is 0.267 e. The molecule has 8 heteroatoms. The molecule has 0 saturated heterocycles. The van der Waals surface area contributed by atoms with Gasteiger partial charge in [-0.15, -0.1) is 34.0 Å². The van der Waals surface area contributed by atoms with E-state index < -0.39 is 0 Å². The molecule has 5 rings (SSSR count). The lowest BCUT2D eigenvalue weighted by Crippen LogP contribution is -2.09. The van der Waals surface area contributed by atoms with E-state index in [0.29, 0.717) is 10.0 Å². The van der Waals surface area contributed by atoms with E-state index in [1.165, 1.54) is 22.7 Å². The van der Waals surface area contributed by atoms with E-state index >= 15 is 0 Å². The van der Waals surface area contributed by atoms with Crippen LogP contribution in [0.1, 0.15) is 15.4 Å². The van der Waals surface area contributed by atoms with Gasteiger partial charge in [0.25, 0.3) is 5.91 Å². The summed E-state index contributed by atoms with van der Waals surface area (Å²) in [5.41, 5.74) is 2.78. The first kappa shape index (κ1) is 17.3. The van der Waals surface area contributed by atoms with Crippen LogP contribution in [-0.4, -0.2) is 20.7 Å². The lowest BCUT2D eigenvalue weighted by Gasteiger charge is -2.01. The van der Waals surface area contributed by atoms with Crippen molar-refractivity contribution in [3.63, 3.8) is 0 Å². The minimum atomic E-state index is -0.146. The molecule has 138 valence electrons. The molecule has 4 aromatic heterocycles. The van der Waals surface area contributed by atoms with Gasteiger partial charge in [0.2, 0.25) is 0 Å². The van der Waals surface area contributed by atoms with Crippen LogP contribution in [0, 0.1) is 6.92 Å². The molecule has 0 radical (unpaired) electrons. The minimum Gasteiger partial charge on any atom is -0.297 e. The molecule has 0 aliphatic rings. The van der Waals surface area contributed by atoms with Crippen molar-refractivity contribution in [3.05, 3.63) is 69.9 Å². The summed E-state index contributed by atoms with van der Waals surface area (Å²) >= 11 is 4.51. The first-order chi connectivity index (χ1) is 13.7. The second kappa shape index (κ2) is 6.97. The van der Waals surface area contributed by atoms with Gasteiger partial charge in [0, 0.05) is 10.8 Å². The van der Waals surface area contributed by atoms with Gasteiger partial charge in [-0.1, -0.05) is 24.3 Å². The SMILES string of the molecule is Cc1nn(-c2ccccc2)c2sc(C(=O)Nc3nc(-c4cccs4)cs3)cc12. The zero-order valence-corrected chi connectivity index (χ0v) is 17.2. The van der Waals surface area contributed by atoms with Gasteiger partial charge in [0.05, 0.1) is 26.8 Å². The number of nitrogens with one attached hydrogen (secondary N) is 1. The van der Waals surface area contributed by atoms with Crippen molar-refractivity contribution >= 4 is 55.3 Å². The maximum absolute atomic E-state index is 12.8. The van der Waals surface area contributed by atoms with Gasteiger partial charge in [-0.2, -0.15) is 5.10 Å². The number of rotatable bonds is 4. The summed E-state index contributed by atoms with van der Waals surface area (Å²) in [5.74, 6) is -0.146. The van der Waals surface area contributed by atoms with Gasteiger partial charge in [0.1, 0.15) is 4.83 Å². The Morgan fingerprint density at radius 2 is 1.96 bits per heavy atom. The predicted octanol–water partition coefficient (Wildman–Crippen LogP) is 5.83. The minimum absolute atomic E-state index is 0.146. The Kier molecular flexibility index (Phi) is 4.31. The van der Waals surface area contributed by atoms with Crippen LogP contribution in [-0.2, 0) is 0 Å². The highest BCUT2D eigenvalue weighted by Gasteiger charge is 2.18. The Bertz CT molecular complexity index is 1270. The summed E-state index contributed by atoms with van der Waals surface area (Å²) in [6.45, 7) is 1.96. The number of para-hydroxylation sites is 1. The standard InChI is InChI=1S/C20H14N4OS3/c1-12-14-10-17(28-19(14)24(23-12)13-6-3-2-4-7-13)18(25)22-20-21-15(11-27-20)16-8-5-9-26-16/h2-11H,1H3,(H,21,22,25). The Morgan fingerprint density at radius 1 is 1.11 bits per heavy atom. The quantitative estimate of drug-likeness (QED) is 0.396. The van der Waals surface area contributed by atoms with Crippen LogP contribution in [0.15, 0.2) is 59.3 Å². The highest BCUT2D eigenvalue weighted by Crippen LogP contribution is 2.32. The topological polar surface area (TPSA) is 59.8 Å². The van der Waals surface area contributed by atoms with Crippen LogP contribution in [0.3, 0.4) is 0 Å². The van der Waals surface area contributed by atoms with E-state index in [-0.39, 0.29) is 5.91 Å². The molecule has 5 nitrogen and oxygen atoms in total. The molecule has 1 N–H and O–H groups in total. The van der Waals surface area contributed by atoms with Crippen LogP contribution in [0.5, 0.6) is 0 Å². The maximum atomic E-state index is 12.8. The van der Waals surface area contributed by atoms with Gasteiger partial charge in [-0.25, -0.2) is 9.67 Å². The van der Waals surface area contributed by atoms with E-state index in [9.17, 15) is 4.79 Å². The summed E-state index contributed by atoms with van der Waals surface area (Å²) in [7, 11) is 0. The molecule has 28 heavy (non-hydrogen) atoms. The lowest BCUT2D eigenvalue weighted by molar-refractivity contribution is 0.103. The highest BCUT2D eigenvalue weighted by atomic mass is 32.1. The molecule has 1 aromatic carbocycles. The van der Waals surface area contributed by atoms with Crippen LogP contribution in [0.25, 0.3) is 26.5 Å². The van der Waals surface area contributed by atoms with Gasteiger partial charge >= 0.3 is 0 Å². The lowest BCUT2D eigenvalue weighted by atomic mass is 10.3. The maximum Gasteiger partial charge on any atom is 0.267 e. The Labute approximate surface area is 172 Å². The largest absolute Gasteiger partial charge is 0.297 e. The van der Waals surface area contributed by atoms with Crippen molar-refractivity contribution in [2.75, 3.05) is 5.32 Å². The zero-order valence-electron chi connectivity index (χ0n) is 14.7. The molecule has 5 aromatic rings. The molecule has 0 saturated carbocycles. The fraction of sp³-hybridized carbons (Fsp3) is 0.0500. The summed E-state index contributed by atoms with van der Waals surface area (Å²) in [6.07, 6.45) is 0. The van der Waals surface area contributed by atoms with Gasteiger partial charge in [0.15, 0.2) is 5.13 Å². The van der Waals surface area contributed by atoms with Crippen molar-refractivity contribution in [1.82, 2.24) is 14.8 Å². The van der Waals surface area contributed by atoms with E-state index in [2.05, 4.69) is 15.4 Å². The number of hydrogen-bond donors (Lipinski definition) is 1. The van der Waals surface area contributed by atoms with Gasteiger partial charge in [-0.3, -0.25) is 10.1 Å². The fourth-order valence-electron chi connectivity index (χ4n) is 2.93. The summed E-state index contributed by atoms with van der Waals surface area (Å²) in [4.78, 5) is 20.0. The molecule has 0 bridgehead atoms. The van der Waals surface area contributed by atoms with E-state index in [1.54, 1.807) is 11.3 Å². The molecular formula is C20H14N4OS3. The summed E-state index contributed by atoms with van der Waals surface area (Å²) in [5, 5.41) is 13.1. The van der Waals surface area contributed by atoms with Crippen LogP contribution >= 0.6 is 34.0 Å². The third-order valence-electron chi connectivity index (χ3n) is 4.27. The molecule has 1 amide bonds. The number of benzene rings is 1. The third-order valence-corrected chi connectivity index (χ3v) is 7.03. The molecular weight excluding hydrogens is 408 g/mol. The first-order valence-corrected chi connectivity index (χ1v) is 11.1. The molecule has 0 unspecified atom stereocenters. The van der Waals surface area contributed by atoms with E-state index in [4.69, 9.17) is 0 Å². The number of hydrogen-bond acceptors (Lipinski definition) is 6.